The van der Waals surface area contributed by atoms with E-state index in [4.69, 9.17) is 22.1 Å². The predicted octanol–water partition coefficient (Wildman–Crippen LogP) is 2.00. The number of nitro groups is 1. The Morgan fingerprint density at radius 3 is 2.52 bits per heavy atom. The highest BCUT2D eigenvalue weighted by Crippen LogP contribution is 2.40. The summed E-state index contributed by atoms with van der Waals surface area (Å²) >= 11 is 5.92. The topological polar surface area (TPSA) is 116 Å². The summed E-state index contributed by atoms with van der Waals surface area (Å²) in [6, 6.07) is -1.03. The summed E-state index contributed by atoms with van der Waals surface area (Å²) in [5.74, 6) is -0.937. The maximum atomic E-state index is 11.5. The first-order valence-corrected chi connectivity index (χ1v) is 6.67. The number of phenolic OH excluding ortho intramolecular Hbond substituents is 1. The molecule has 1 unspecified atom stereocenters. The molecule has 0 radical (unpaired) electrons. The molecule has 0 saturated carbocycles. The molecule has 21 heavy (non-hydrogen) atoms. The van der Waals surface area contributed by atoms with Crippen LogP contribution in [0.15, 0.2) is 0 Å². The van der Waals surface area contributed by atoms with Crippen LogP contribution in [0.3, 0.4) is 0 Å². The quantitative estimate of drug-likeness (QED) is 0.487. The maximum absolute atomic E-state index is 11.5. The van der Waals surface area contributed by atoms with E-state index in [9.17, 15) is 20.0 Å². The van der Waals surface area contributed by atoms with Crippen LogP contribution >= 0.6 is 11.6 Å². The number of esters is 1. The van der Waals surface area contributed by atoms with Crippen molar-refractivity contribution in [3.05, 3.63) is 31.8 Å². The molecule has 0 bridgehead atoms. The van der Waals surface area contributed by atoms with Crippen molar-refractivity contribution in [3.8, 4) is 5.75 Å². The number of hydrogen-bond acceptors (Lipinski definition) is 6. The summed E-state index contributed by atoms with van der Waals surface area (Å²) in [7, 11) is 0. The van der Waals surface area contributed by atoms with Gasteiger partial charge >= 0.3 is 5.97 Å². The highest BCUT2D eigenvalue weighted by Gasteiger charge is 2.28. The van der Waals surface area contributed by atoms with Crippen LogP contribution in [0, 0.1) is 24.0 Å². The Morgan fingerprint density at radius 2 is 2.05 bits per heavy atom. The number of nitrogens with two attached hydrogens (primary N) is 1. The molecule has 1 rings (SSSR count). The first-order valence-electron chi connectivity index (χ1n) is 6.29. The molecular formula is C13H17ClN2O5. The monoisotopic (exact) mass is 316 g/mol. The average molecular weight is 317 g/mol. The molecule has 0 aliphatic rings. The van der Waals surface area contributed by atoms with Crippen LogP contribution in [0.2, 0.25) is 5.02 Å². The van der Waals surface area contributed by atoms with Gasteiger partial charge in [0.1, 0.15) is 11.8 Å². The third-order valence-corrected chi connectivity index (χ3v) is 3.64. The molecule has 8 heteroatoms. The zero-order valence-corrected chi connectivity index (χ0v) is 12.7. The van der Waals surface area contributed by atoms with Crippen LogP contribution < -0.4 is 5.73 Å². The van der Waals surface area contributed by atoms with Crippen LogP contribution in [0.5, 0.6) is 5.75 Å². The van der Waals surface area contributed by atoms with Crippen LogP contribution in [-0.2, 0) is 16.0 Å². The number of phenols is 1. The van der Waals surface area contributed by atoms with E-state index in [2.05, 4.69) is 0 Å². The standard InChI is InChI=1S/C13H17ClN2O5/c1-4-21-13(18)9(15)5-8-6(2)11(16(19)20)7(3)10(14)12(8)17/h9,17H,4-5,15H2,1-3H3. The van der Waals surface area contributed by atoms with Crippen molar-refractivity contribution in [2.75, 3.05) is 6.61 Å². The number of rotatable bonds is 5. The molecule has 0 aromatic heterocycles. The number of halogens is 1. The molecule has 1 aromatic rings. The third-order valence-electron chi connectivity index (χ3n) is 3.18. The third kappa shape index (κ3) is 3.43. The van der Waals surface area contributed by atoms with Gasteiger partial charge in [0.2, 0.25) is 0 Å². The number of carbonyl (C=O) groups is 1. The molecule has 0 aliphatic heterocycles. The fraction of sp³-hybridized carbons (Fsp3) is 0.462. The van der Waals surface area contributed by atoms with E-state index in [0.717, 1.165) is 0 Å². The molecule has 0 aliphatic carbocycles. The molecule has 0 amide bonds. The van der Waals surface area contributed by atoms with Crippen LogP contribution in [-0.4, -0.2) is 28.6 Å². The molecule has 0 saturated heterocycles. The van der Waals surface area contributed by atoms with Gasteiger partial charge in [-0.2, -0.15) is 0 Å². The summed E-state index contributed by atoms with van der Waals surface area (Å²) in [6.07, 6.45) is -0.0999. The second kappa shape index (κ2) is 6.73. The Morgan fingerprint density at radius 1 is 1.48 bits per heavy atom. The van der Waals surface area contributed by atoms with Crippen LogP contribution in [0.4, 0.5) is 5.69 Å². The van der Waals surface area contributed by atoms with E-state index in [1.807, 2.05) is 0 Å². The van der Waals surface area contributed by atoms with Gasteiger partial charge in [-0.15, -0.1) is 0 Å². The first kappa shape index (κ1) is 17.2. The number of nitro benzene ring substituents is 1. The zero-order valence-electron chi connectivity index (χ0n) is 12.0. The average Bonchev–Trinajstić information content (AvgIpc) is 2.41. The minimum Gasteiger partial charge on any atom is -0.506 e. The number of carbonyl (C=O) groups excluding carboxylic acids is 1. The Hall–Kier alpha value is -1.86. The van der Waals surface area contributed by atoms with E-state index in [-0.39, 0.29) is 46.2 Å². The Labute approximate surface area is 126 Å². The van der Waals surface area contributed by atoms with Gasteiger partial charge in [-0.05, 0) is 20.8 Å². The molecule has 0 spiro atoms. The Balaban J connectivity index is 3.31. The predicted molar refractivity (Wildman–Crippen MR) is 77.6 cm³/mol. The van der Waals surface area contributed by atoms with Crippen molar-refractivity contribution in [2.24, 2.45) is 5.73 Å². The van der Waals surface area contributed by atoms with Crippen molar-refractivity contribution in [3.63, 3.8) is 0 Å². The Bertz CT molecular complexity index is 589. The lowest BCUT2D eigenvalue weighted by atomic mass is 9.96. The number of ether oxygens (including phenoxy) is 1. The fourth-order valence-electron chi connectivity index (χ4n) is 2.09. The molecule has 1 aromatic carbocycles. The highest BCUT2D eigenvalue weighted by atomic mass is 35.5. The lowest BCUT2D eigenvalue weighted by molar-refractivity contribution is -0.386. The van der Waals surface area contributed by atoms with Gasteiger partial charge in [-0.1, -0.05) is 11.6 Å². The van der Waals surface area contributed by atoms with E-state index in [1.54, 1.807) is 6.92 Å². The number of benzene rings is 1. The van der Waals surface area contributed by atoms with Gasteiger partial charge in [-0.3, -0.25) is 14.9 Å². The zero-order chi connectivity index (χ0) is 16.3. The first-order chi connectivity index (χ1) is 9.72. The van der Waals surface area contributed by atoms with Crippen molar-refractivity contribution < 1.29 is 19.6 Å². The smallest absolute Gasteiger partial charge is 0.323 e. The SMILES string of the molecule is CCOC(=O)C(N)Cc1c(C)c([N+](=O)[O-])c(C)c(Cl)c1O. The molecule has 3 N–H and O–H groups in total. The van der Waals surface area contributed by atoms with E-state index in [0.29, 0.717) is 0 Å². The van der Waals surface area contributed by atoms with Crippen LogP contribution in [0.1, 0.15) is 23.6 Å². The highest BCUT2D eigenvalue weighted by molar-refractivity contribution is 6.33. The minimum atomic E-state index is -1.03. The summed E-state index contributed by atoms with van der Waals surface area (Å²) in [5.41, 5.74) is 6.08. The molecule has 0 fully saturated rings. The molecule has 0 heterocycles. The number of hydrogen-bond donors (Lipinski definition) is 2. The van der Waals surface area contributed by atoms with Crippen molar-refractivity contribution in [2.45, 2.75) is 33.2 Å². The van der Waals surface area contributed by atoms with Gasteiger partial charge in [0.05, 0.1) is 16.6 Å². The van der Waals surface area contributed by atoms with Gasteiger partial charge in [-0.25, -0.2) is 0 Å². The van der Waals surface area contributed by atoms with Crippen molar-refractivity contribution in [1.82, 2.24) is 0 Å². The second-order valence-corrected chi connectivity index (χ2v) is 4.94. The lowest BCUT2D eigenvalue weighted by Crippen LogP contribution is -2.34. The molecule has 1 atom stereocenters. The van der Waals surface area contributed by atoms with Crippen molar-refractivity contribution >= 4 is 23.3 Å². The normalized spacial score (nSPS) is 12.0. The van der Waals surface area contributed by atoms with Gasteiger partial charge < -0.3 is 15.6 Å². The largest absolute Gasteiger partial charge is 0.506 e. The van der Waals surface area contributed by atoms with E-state index >= 15 is 0 Å². The molecule has 116 valence electrons. The maximum Gasteiger partial charge on any atom is 0.323 e. The number of aromatic hydroxyl groups is 1. The summed E-state index contributed by atoms with van der Waals surface area (Å²) in [4.78, 5) is 22.1. The van der Waals surface area contributed by atoms with Gasteiger partial charge in [0, 0.05) is 23.1 Å². The Kier molecular flexibility index (Phi) is 5.51. The second-order valence-electron chi connectivity index (χ2n) is 4.56. The minimum absolute atomic E-state index is 0.0999. The summed E-state index contributed by atoms with van der Waals surface area (Å²) < 4.78 is 4.77. The summed E-state index contributed by atoms with van der Waals surface area (Å²) in [5, 5.41) is 21.1. The van der Waals surface area contributed by atoms with Crippen LogP contribution in [0.25, 0.3) is 0 Å². The molecular weight excluding hydrogens is 300 g/mol. The fourth-order valence-corrected chi connectivity index (χ4v) is 2.30. The van der Waals surface area contributed by atoms with E-state index < -0.39 is 16.9 Å². The van der Waals surface area contributed by atoms with Gasteiger partial charge in [0.25, 0.3) is 5.69 Å². The lowest BCUT2D eigenvalue weighted by Gasteiger charge is -2.16. The molecule has 7 nitrogen and oxygen atoms in total. The van der Waals surface area contributed by atoms with E-state index in [1.165, 1.54) is 13.8 Å². The van der Waals surface area contributed by atoms with Crippen molar-refractivity contribution in [1.29, 1.82) is 0 Å². The number of nitrogens with zero attached hydrogens (tertiary/aromatic N) is 1. The van der Waals surface area contributed by atoms with Gasteiger partial charge in [0.15, 0.2) is 0 Å². The summed E-state index contributed by atoms with van der Waals surface area (Å²) in [6.45, 7) is 4.74.